The molecule has 0 spiro atoms. The zero-order valence-electron chi connectivity index (χ0n) is 11.1. The molecule has 2 aliphatic rings. The maximum atomic E-state index is 12.2. The summed E-state index contributed by atoms with van der Waals surface area (Å²) in [5, 5.41) is 8.99. The molecule has 2 heterocycles. The lowest BCUT2D eigenvalue weighted by Gasteiger charge is -2.23. The predicted molar refractivity (Wildman–Crippen MR) is 83.3 cm³/mol. The van der Waals surface area contributed by atoms with Crippen molar-refractivity contribution in [2.75, 3.05) is 35.3 Å². The number of halogens is 1. The summed E-state index contributed by atoms with van der Waals surface area (Å²) in [4.78, 5) is 23.4. The highest BCUT2D eigenvalue weighted by Crippen LogP contribution is 2.36. The van der Waals surface area contributed by atoms with Gasteiger partial charge in [0.25, 0.3) is 5.91 Å². The molecule has 0 aliphatic carbocycles. The standard InChI is InChI=1S/C13H14ClN3O3S/c14-7-3-9-11(20-5-12(18)16-9)4-8(7)17-13(19)10-6-21-2-1-15-10/h3-4,10,15H,1-2,5-6H2,(H,16,18)(H,17,19). The summed E-state index contributed by atoms with van der Waals surface area (Å²) in [6.45, 7) is 0.776. The number of amides is 2. The Bertz CT molecular complexity index is 590. The Morgan fingerprint density at radius 2 is 2.33 bits per heavy atom. The van der Waals surface area contributed by atoms with Gasteiger partial charge in [-0.2, -0.15) is 11.8 Å². The van der Waals surface area contributed by atoms with Gasteiger partial charge >= 0.3 is 0 Å². The average molecular weight is 328 g/mol. The predicted octanol–water partition coefficient (Wildman–Crippen LogP) is 1.31. The number of ether oxygens (including phenoxy) is 1. The second kappa shape index (κ2) is 6.13. The quantitative estimate of drug-likeness (QED) is 0.763. The highest BCUT2D eigenvalue weighted by molar-refractivity contribution is 7.99. The molecule has 1 atom stereocenters. The second-order valence-corrected chi connectivity index (χ2v) is 6.29. The third-order valence-electron chi connectivity index (χ3n) is 3.20. The monoisotopic (exact) mass is 327 g/mol. The van der Waals surface area contributed by atoms with Crippen LogP contribution in [0.5, 0.6) is 5.75 Å². The van der Waals surface area contributed by atoms with E-state index in [1.54, 1.807) is 23.9 Å². The molecule has 21 heavy (non-hydrogen) atoms. The molecular weight excluding hydrogens is 314 g/mol. The molecule has 0 bridgehead atoms. The summed E-state index contributed by atoms with van der Waals surface area (Å²) >= 11 is 7.89. The molecule has 1 aromatic rings. The molecule has 0 aromatic heterocycles. The van der Waals surface area contributed by atoms with Gasteiger partial charge in [0.15, 0.2) is 6.61 Å². The Hall–Kier alpha value is -1.44. The number of hydrogen-bond donors (Lipinski definition) is 3. The van der Waals surface area contributed by atoms with Gasteiger partial charge in [-0.1, -0.05) is 11.6 Å². The first-order chi connectivity index (χ1) is 10.1. The van der Waals surface area contributed by atoms with Crippen molar-refractivity contribution < 1.29 is 14.3 Å². The van der Waals surface area contributed by atoms with Crippen LogP contribution in [0.1, 0.15) is 0 Å². The van der Waals surface area contributed by atoms with Gasteiger partial charge in [-0.05, 0) is 6.07 Å². The van der Waals surface area contributed by atoms with Gasteiger partial charge < -0.3 is 20.7 Å². The fraction of sp³-hybridized carbons (Fsp3) is 0.385. The molecule has 6 nitrogen and oxygen atoms in total. The summed E-state index contributed by atoms with van der Waals surface area (Å²) in [6.07, 6.45) is 0. The van der Waals surface area contributed by atoms with Crippen LogP contribution >= 0.6 is 23.4 Å². The molecule has 2 aliphatic heterocycles. The lowest BCUT2D eigenvalue weighted by molar-refractivity contribution is -0.119. The summed E-state index contributed by atoms with van der Waals surface area (Å²) in [5.74, 6) is 1.90. The Morgan fingerprint density at radius 3 is 3.10 bits per heavy atom. The molecule has 2 amide bonds. The molecule has 0 saturated carbocycles. The SMILES string of the molecule is O=C1COc2cc(NC(=O)C3CSCCN3)c(Cl)cc2N1. The van der Waals surface area contributed by atoms with E-state index in [4.69, 9.17) is 16.3 Å². The fourth-order valence-corrected chi connectivity index (χ4v) is 3.29. The number of carbonyl (C=O) groups excluding carboxylic acids is 2. The van der Waals surface area contributed by atoms with Crippen LogP contribution in [-0.2, 0) is 9.59 Å². The molecule has 1 fully saturated rings. The number of thioether (sulfide) groups is 1. The summed E-state index contributed by atoms with van der Waals surface area (Å²) in [5.41, 5.74) is 0.995. The molecule has 8 heteroatoms. The van der Waals surface area contributed by atoms with Crippen molar-refractivity contribution in [3.05, 3.63) is 17.2 Å². The highest BCUT2D eigenvalue weighted by atomic mass is 35.5. The molecular formula is C13H14ClN3O3S. The maximum absolute atomic E-state index is 12.2. The zero-order valence-corrected chi connectivity index (χ0v) is 12.6. The number of anilines is 2. The molecule has 3 N–H and O–H groups in total. The zero-order chi connectivity index (χ0) is 14.8. The molecule has 0 radical (unpaired) electrons. The number of rotatable bonds is 2. The van der Waals surface area contributed by atoms with Crippen LogP contribution in [-0.4, -0.2) is 42.5 Å². The van der Waals surface area contributed by atoms with E-state index in [0.717, 1.165) is 18.1 Å². The van der Waals surface area contributed by atoms with Gasteiger partial charge in [-0.15, -0.1) is 0 Å². The highest BCUT2D eigenvalue weighted by Gasteiger charge is 2.23. The van der Waals surface area contributed by atoms with Crippen molar-refractivity contribution in [2.24, 2.45) is 0 Å². The Kier molecular flexibility index (Phi) is 4.23. The topological polar surface area (TPSA) is 79.5 Å². The van der Waals surface area contributed by atoms with E-state index >= 15 is 0 Å². The maximum Gasteiger partial charge on any atom is 0.262 e. The minimum atomic E-state index is -0.225. The van der Waals surface area contributed by atoms with E-state index in [0.29, 0.717) is 22.1 Å². The van der Waals surface area contributed by atoms with Gasteiger partial charge in [-0.3, -0.25) is 9.59 Å². The van der Waals surface area contributed by atoms with Crippen LogP contribution in [0.4, 0.5) is 11.4 Å². The summed E-state index contributed by atoms with van der Waals surface area (Å²) in [7, 11) is 0. The number of benzene rings is 1. The van der Waals surface area contributed by atoms with Crippen molar-refractivity contribution >= 4 is 46.6 Å². The van der Waals surface area contributed by atoms with Crippen LogP contribution in [0.15, 0.2) is 12.1 Å². The first kappa shape index (κ1) is 14.5. The minimum Gasteiger partial charge on any atom is -0.482 e. The molecule has 1 saturated heterocycles. The lowest BCUT2D eigenvalue weighted by Crippen LogP contribution is -2.46. The van der Waals surface area contributed by atoms with E-state index in [-0.39, 0.29) is 24.5 Å². The van der Waals surface area contributed by atoms with Crippen LogP contribution in [0, 0.1) is 0 Å². The van der Waals surface area contributed by atoms with Crippen LogP contribution in [0.3, 0.4) is 0 Å². The van der Waals surface area contributed by atoms with Crippen molar-refractivity contribution in [3.8, 4) is 5.75 Å². The van der Waals surface area contributed by atoms with Gasteiger partial charge in [0, 0.05) is 24.1 Å². The van der Waals surface area contributed by atoms with E-state index in [1.807, 2.05) is 0 Å². The average Bonchev–Trinajstić information content (AvgIpc) is 2.49. The number of fused-ring (bicyclic) bond motifs is 1. The number of nitrogens with one attached hydrogen (secondary N) is 3. The number of carbonyl (C=O) groups is 2. The second-order valence-electron chi connectivity index (χ2n) is 4.74. The summed E-state index contributed by atoms with van der Waals surface area (Å²) < 4.78 is 5.32. The first-order valence-corrected chi connectivity index (χ1v) is 8.05. The van der Waals surface area contributed by atoms with E-state index < -0.39 is 0 Å². The largest absolute Gasteiger partial charge is 0.482 e. The molecule has 112 valence electrons. The molecule has 1 aromatic carbocycles. The molecule has 1 unspecified atom stereocenters. The van der Waals surface area contributed by atoms with Gasteiger partial charge in [-0.25, -0.2) is 0 Å². The van der Waals surface area contributed by atoms with Gasteiger partial charge in [0.05, 0.1) is 22.4 Å². The Balaban J connectivity index is 1.76. The normalized spacial score (nSPS) is 21.0. The third kappa shape index (κ3) is 3.25. The van der Waals surface area contributed by atoms with Gasteiger partial charge in [0.2, 0.25) is 5.91 Å². The summed E-state index contributed by atoms with van der Waals surface area (Å²) in [6, 6.07) is 2.98. The van der Waals surface area contributed by atoms with E-state index in [1.165, 1.54) is 0 Å². The van der Waals surface area contributed by atoms with Crippen molar-refractivity contribution in [2.45, 2.75) is 6.04 Å². The number of hydrogen-bond acceptors (Lipinski definition) is 5. The van der Waals surface area contributed by atoms with E-state index in [2.05, 4.69) is 16.0 Å². The minimum absolute atomic E-state index is 0.0388. The van der Waals surface area contributed by atoms with Crippen molar-refractivity contribution in [1.29, 1.82) is 0 Å². The van der Waals surface area contributed by atoms with Crippen LogP contribution in [0.25, 0.3) is 0 Å². The third-order valence-corrected chi connectivity index (χ3v) is 4.57. The smallest absolute Gasteiger partial charge is 0.262 e. The van der Waals surface area contributed by atoms with Crippen LogP contribution < -0.4 is 20.7 Å². The van der Waals surface area contributed by atoms with E-state index in [9.17, 15) is 9.59 Å². The van der Waals surface area contributed by atoms with Crippen LogP contribution in [0.2, 0.25) is 5.02 Å². The first-order valence-electron chi connectivity index (χ1n) is 6.51. The lowest BCUT2D eigenvalue weighted by atomic mass is 10.2. The van der Waals surface area contributed by atoms with Gasteiger partial charge in [0.1, 0.15) is 5.75 Å². The van der Waals surface area contributed by atoms with Crippen molar-refractivity contribution in [3.63, 3.8) is 0 Å². The van der Waals surface area contributed by atoms with Crippen molar-refractivity contribution in [1.82, 2.24) is 5.32 Å². The fourth-order valence-electron chi connectivity index (χ4n) is 2.15. The Labute approximate surface area is 130 Å². The molecule has 3 rings (SSSR count). The Morgan fingerprint density at radius 1 is 1.48 bits per heavy atom.